The second-order valence-corrected chi connectivity index (χ2v) is 6.11. The molecule has 0 radical (unpaired) electrons. The third kappa shape index (κ3) is 3.31. The number of allylic oxidation sites excluding steroid dienone is 1. The van der Waals surface area contributed by atoms with E-state index in [9.17, 15) is 4.79 Å². The summed E-state index contributed by atoms with van der Waals surface area (Å²) >= 11 is 0. The van der Waals surface area contributed by atoms with Crippen molar-refractivity contribution in [3.05, 3.63) is 47.2 Å². The van der Waals surface area contributed by atoms with Gasteiger partial charge in [0.2, 0.25) is 0 Å². The summed E-state index contributed by atoms with van der Waals surface area (Å²) in [5, 5.41) is 9.15. The Bertz CT molecular complexity index is 626. The van der Waals surface area contributed by atoms with Crippen molar-refractivity contribution in [2.45, 2.75) is 51.5 Å². The van der Waals surface area contributed by atoms with E-state index in [4.69, 9.17) is 24.1 Å². The van der Waals surface area contributed by atoms with Crippen LogP contribution in [-0.2, 0) is 23.7 Å². The summed E-state index contributed by atoms with van der Waals surface area (Å²) in [5.41, 5.74) is 1.75. The zero-order chi connectivity index (χ0) is 17.3. The minimum atomic E-state index is -1.00. The SMILES string of the molecule is CC1=C(C)C(OC(C)C(=O)O)C2OC(c3ccccc3)OCC2O1. The van der Waals surface area contributed by atoms with Crippen molar-refractivity contribution in [1.82, 2.24) is 0 Å². The van der Waals surface area contributed by atoms with Crippen LogP contribution in [0, 0.1) is 0 Å². The van der Waals surface area contributed by atoms with E-state index in [1.54, 1.807) is 0 Å². The molecule has 5 atom stereocenters. The molecule has 3 rings (SSSR count). The normalized spacial score (nSPS) is 31.1. The molecular formula is C18H22O6. The van der Waals surface area contributed by atoms with Crippen LogP contribution in [0.3, 0.4) is 0 Å². The van der Waals surface area contributed by atoms with E-state index in [2.05, 4.69) is 0 Å². The predicted molar refractivity (Wildman–Crippen MR) is 85.2 cm³/mol. The molecule has 0 spiro atoms. The number of ether oxygens (including phenoxy) is 4. The molecule has 1 aromatic carbocycles. The monoisotopic (exact) mass is 334 g/mol. The van der Waals surface area contributed by atoms with Crippen LogP contribution in [0.5, 0.6) is 0 Å². The average molecular weight is 334 g/mol. The van der Waals surface area contributed by atoms with Gasteiger partial charge in [0.1, 0.15) is 12.2 Å². The van der Waals surface area contributed by atoms with E-state index in [-0.39, 0.29) is 6.10 Å². The Kier molecular flexibility index (Phi) is 4.89. The van der Waals surface area contributed by atoms with Gasteiger partial charge in [0.25, 0.3) is 0 Å². The van der Waals surface area contributed by atoms with E-state index in [1.807, 2.05) is 44.2 Å². The highest BCUT2D eigenvalue weighted by Crippen LogP contribution is 2.37. The summed E-state index contributed by atoms with van der Waals surface area (Å²) in [7, 11) is 0. The van der Waals surface area contributed by atoms with Gasteiger partial charge in [-0.1, -0.05) is 30.3 Å². The molecule has 130 valence electrons. The summed E-state index contributed by atoms with van der Waals surface area (Å²) in [4.78, 5) is 11.2. The summed E-state index contributed by atoms with van der Waals surface area (Å²) in [6.07, 6.45) is -2.68. The number of carbonyl (C=O) groups is 1. The van der Waals surface area contributed by atoms with Crippen molar-refractivity contribution in [3.63, 3.8) is 0 Å². The van der Waals surface area contributed by atoms with Crippen molar-refractivity contribution >= 4 is 5.97 Å². The van der Waals surface area contributed by atoms with Crippen LogP contribution in [0.25, 0.3) is 0 Å². The van der Waals surface area contributed by atoms with Crippen LogP contribution in [0.1, 0.15) is 32.6 Å². The standard InChI is InChI=1S/C18H22O6/c1-10-11(2)22-14-9-21-18(13-7-5-4-6-8-13)24-16(14)15(10)23-12(3)17(19)20/h4-8,12,14-16,18H,9H2,1-3H3,(H,19,20). The first-order valence-electron chi connectivity index (χ1n) is 8.01. The molecule has 24 heavy (non-hydrogen) atoms. The molecular weight excluding hydrogens is 312 g/mol. The van der Waals surface area contributed by atoms with Crippen LogP contribution >= 0.6 is 0 Å². The molecule has 2 aliphatic heterocycles. The van der Waals surface area contributed by atoms with Gasteiger partial charge in [-0.25, -0.2) is 4.79 Å². The molecule has 2 heterocycles. The van der Waals surface area contributed by atoms with Gasteiger partial charge in [-0.15, -0.1) is 0 Å². The summed E-state index contributed by atoms with van der Waals surface area (Å²) in [6.45, 7) is 5.59. The number of aliphatic carboxylic acids is 1. The van der Waals surface area contributed by atoms with Crippen molar-refractivity contribution in [2.24, 2.45) is 0 Å². The van der Waals surface area contributed by atoms with Gasteiger partial charge in [-0.05, 0) is 26.3 Å². The lowest BCUT2D eigenvalue weighted by Crippen LogP contribution is -2.53. The van der Waals surface area contributed by atoms with Gasteiger partial charge >= 0.3 is 5.97 Å². The highest BCUT2D eigenvalue weighted by atomic mass is 16.7. The van der Waals surface area contributed by atoms with Crippen molar-refractivity contribution in [2.75, 3.05) is 6.61 Å². The van der Waals surface area contributed by atoms with Gasteiger partial charge in [-0.2, -0.15) is 0 Å². The predicted octanol–water partition coefficient (Wildman–Crippen LogP) is 2.65. The van der Waals surface area contributed by atoms with E-state index in [0.29, 0.717) is 6.61 Å². The highest BCUT2D eigenvalue weighted by Gasteiger charge is 2.45. The van der Waals surface area contributed by atoms with Gasteiger partial charge in [0.05, 0.1) is 12.4 Å². The Morgan fingerprint density at radius 3 is 2.67 bits per heavy atom. The third-order valence-electron chi connectivity index (χ3n) is 4.44. The molecule has 0 bridgehead atoms. The van der Waals surface area contributed by atoms with Crippen LogP contribution < -0.4 is 0 Å². The number of benzene rings is 1. The fourth-order valence-electron chi connectivity index (χ4n) is 2.92. The van der Waals surface area contributed by atoms with Crippen molar-refractivity contribution in [3.8, 4) is 0 Å². The Labute approximate surface area is 141 Å². The molecule has 5 unspecified atom stereocenters. The summed E-state index contributed by atoms with van der Waals surface area (Å²) < 4.78 is 23.5. The van der Waals surface area contributed by atoms with E-state index in [1.165, 1.54) is 6.92 Å². The largest absolute Gasteiger partial charge is 0.490 e. The second-order valence-electron chi connectivity index (χ2n) is 6.11. The number of hydrogen-bond acceptors (Lipinski definition) is 5. The summed E-state index contributed by atoms with van der Waals surface area (Å²) in [6, 6.07) is 9.62. The van der Waals surface area contributed by atoms with Crippen LogP contribution in [0.2, 0.25) is 0 Å². The van der Waals surface area contributed by atoms with Crippen LogP contribution in [0.15, 0.2) is 41.7 Å². The van der Waals surface area contributed by atoms with Gasteiger partial charge < -0.3 is 24.1 Å². The molecule has 0 saturated carbocycles. The maximum Gasteiger partial charge on any atom is 0.332 e. The van der Waals surface area contributed by atoms with Crippen molar-refractivity contribution < 1.29 is 28.8 Å². The van der Waals surface area contributed by atoms with Gasteiger partial charge in [0, 0.05) is 5.56 Å². The Hall–Kier alpha value is -1.89. The molecule has 1 fully saturated rings. The number of carboxylic acid groups (broad SMARTS) is 1. The molecule has 6 heteroatoms. The Morgan fingerprint density at radius 2 is 2.00 bits per heavy atom. The number of rotatable bonds is 4. The molecule has 0 amide bonds. The van der Waals surface area contributed by atoms with Gasteiger partial charge in [-0.3, -0.25) is 0 Å². The molecule has 2 aliphatic rings. The van der Waals surface area contributed by atoms with Crippen molar-refractivity contribution in [1.29, 1.82) is 0 Å². The zero-order valence-corrected chi connectivity index (χ0v) is 14.0. The van der Waals surface area contributed by atoms with E-state index >= 15 is 0 Å². The fourth-order valence-corrected chi connectivity index (χ4v) is 2.92. The zero-order valence-electron chi connectivity index (χ0n) is 14.0. The maximum absolute atomic E-state index is 11.2. The third-order valence-corrected chi connectivity index (χ3v) is 4.44. The molecule has 0 aromatic heterocycles. The number of fused-ring (bicyclic) bond motifs is 1. The minimum absolute atomic E-state index is 0.320. The first-order chi connectivity index (χ1) is 11.5. The molecule has 1 N–H and O–H groups in total. The molecule has 1 saturated heterocycles. The smallest absolute Gasteiger partial charge is 0.332 e. The number of carboxylic acids is 1. The first kappa shape index (κ1) is 17.0. The summed E-state index contributed by atoms with van der Waals surface area (Å²) in [5.74, 6) is -0.278. The minimum Gasteiger partial charge on any atom is -0.490 e. The first-order valence-corrected chi connectivity index (χ1v) is 8.01. The lowest BCUT2D eigenvalue weighted by molar-refractivity contribution is -0.287. The highest BCUT2D eigenvalue weighted by molar-refractivity contribution is 5.71. The fraction of sp³-hybridized carbons (Fsp3) is 0.500. The van der Waals surface area contributed by atoms with E-state index in [0.717, 1.165) is 16.9 Å². The Balaban J connectivity index is 1.83. The van der Waals surface area contributed by atoms with Gasteiger partial charge in [0.15, 0.2) is 18.5 Å². The second kappa shape index (κ2) is 6.93. The van der Waals surface area contributed by atoms with Crippen LogP contribution in [0.4, 0.5) is 0 Å². The molecule has 6 nitrogen and oxygen atoms in total. The topological polar surface area (TPSA) is 74.2 Å². The average Bonchev–Trinajstić information content (AvgIpc) is 2.59. The Morgan fingerprint density at radius 1 is 1.29 bits per heavy atom. The number of hydrogen-bond donors (Lipinski definition) is 1. The quantitative estimate of drug-likeness (QED) is 0.912. The lowest BCUT2D eigenvalue weighted by atomic mass is 9.96. The lowest BCUT2D eigenvalue weighted by Gasteiger charge is -2.44. The molecule has 1 aromatic rings. The maximum atomic E-state index is 11.2. The van der Waals surface area contributed by atoms with E-state index < -0.39 is 30.6 Å². The molecule has 0 aliphatic carbocycles. The van der Waals surface area contributed by atoms with Crippen LogP contribution in [-0.4, -0.2) is 42.1 Å².